The van der Waals surface area contributed by atoms with E-state index < -0.39 is 0 Å². The van der Waals surface area contributed by atoms with Crippen LogP contribution < -0.4 is 0 Å². The Morgan fingerprint density at radius 3 is 1.80 bits per heavy atom. The Kier molecular flexibility index (Phi) is 16.5. The number of hydrogen-bond donors (Lipinski definition) is 0. The molecule has 0 nitrogen and oxygen atoms in total. The summed E-state index contributed by atoms with van der Waals surface area (Å²) in [4.78, 5) is 0. The Hall–Kier alpha value is 0.913. The molecule has 0 radical (unpaired) electrons. The minimum absolute atomic E-state index is 0. The molecule has 0 spiro atoms. The van der Waals surface area contributed by atoms with Gasteiger partial charge in [0.05, 0.1) is 0 Å². The van der Waals surface area contributed by atoms with Crippen molar-refractivity contribution in [3.8, 4) is 0 Å². The van der Waals surface area contributed by atoms with E-state index in [0.29, 0.717) is 5.88 Å². The van der Waals surface area contributed by atoms with Crippen LogP contribution in [-0.4, -0.2) is 5.88 Å². The fraction of sp³-hybridized carbons (Fsp3) is 0.667. The van der Waals surface area contributed by atoms with Gasteiger partial charge in [-0.05, 0) is 5.88 Å². The first-order valence-corrected chi connectivity index (χ1v) is 1.80. The molecule has 0 rings (SSSR count). The maximum Gasteiger partial charge on any atom is 0 e. The van der Waals surface area contributed by atoms with Gasteiger partial charge in [0.15, 0.2) is 0 Å². The first-order valence-electron chi connectivity index (χ1n) is 1.27. The van der Waals surface area contributed by atoms with Gasteiger partial charge in [-0.25, -0.2) is 0 Å². The zero-order valence-electron chi connectivity index (χ0n) is 3.21. The zero-order valence-corrected chi connectivity index (χ0v) is 6.93. The van der Waals surface area contributed by atoms with Gasteiger partial charge in [-0.1, -0.05) is 0 Å². The third-order valence-corrected chi connectivity index (χ3v) is 0.401. The minimum atomic E-state index is 0. The average Bonchev–Trinajstić information content (AvgIpc) is 1.37. The smallest absolute Gasteiger partial charge is 0 e. The summed E-state index contributed by atoms with van der Waals surface area (Å²) in [5.41, 5.74) is 0. The van der Waals surface area contributed by atoms with Crippen molar-refractivity contribution in [2.75, 3.05) is 5.88 Å². The Morgan fingerprint density at radius 1 is 1.60 bits per heavy atom. The molecular formula is C3H6ClZn-. The SMILES string of the molecule is [CH2-]CCCl.[Zn]. The molecule has 0 aliphatic heterocycles. The van der Waals surface area contributed by atoms with Crippen molar-refractivity contribution in [1.82, 2.24) is 0 Å². The van der Waals surface area contributed by atoms with Crippen LogP contribution >= 0.6 is 11.6 Å². The van der Waals surface area contributed by atoms with E-state index in [4.69, 9.17) is 11.6 Å². The molecule has 0 amide bonds. The Morgan fingerprint density at radius 2 is 1.80 bits per heavy atom. The number of halogens is 1. The van der Waals surface area contributed by atoms with E-state index >= 15 is 0 Å². The summed E-state index contributed by atoms with van der Waals surface area (Å²) >= 11 is 5.12. The zero-order chi connectivity index (χ0) is 3.41. The summed E-state index contributed by atoms with van der Waals surface area (Å²) in [6.07, 6.45) is 0.835. The molecule has 0 aromatic carbocycles. The molecule has 0 saturated heterocycles. The monoisotopic (exact) mass is 141 g/mol. The Bertz CT molecular complexity index is 8.85. The van der Waals surface area contributed by atoms with Crippen LogP contribution in [0.25, 0.3) is 0 Å². The van der Waals surface area contributed by atoms with Gasteiger partial charge in [0.1, 0.15) is 0 Å². The van der Waals surface area contributed by atoms with Gasteiger partial charge in [-0.15, -0.1) is 11.6 Å². The van der Waals surface area contributed by atoms with Gasteiger partial charge in [0, 0.05) is 19.5 Å². The molecule has 28 valence electrons. The van der Waals surface area contributed by atoms with E-state index in [-0.39, 0.29) is 19.5 Å². The second kappa shape index (κ2) is 8.87. The molecule has 0 aromatic heterocycles. The van der Waals surface area contributed by atoms with Crippen LogP contribution in [0, 0.1) is 6.92 Å². The summed E-state index contributed by atoms with van der Waals surface area (Å²) < 4.78 is 0. The first kappa shape index (κ1) is 9.32. The molecule has 0 heterocycles. The molecule has 0 N–H and O–H groups in total. The van der Waals surface area contributed by atoms with Crippen LogP contribution in [0.5, 0.6) is 0 Å². The molecular weight excluding hydrogens is 137 g/mol. The van der Waals surface area contributed by atoms with Crippen LogP contribution in [0.1, 0.15) is 6.42 Å². The van der Waals surface area contributed by atoms with Crippen molar-refractivity contribution < 1.29 is 19.5 Å². The number of hydrogen-bond acceptors (Lipinski definition) is 0. The third-order valence-electron chi connectivity index (χ3n) is 0.134. The summed E-state index contributed by atoms with van der Waals surface area (Å²) in [6.45, 7) is 3.47. The van der Waals surface area contributed by atoms with E-state index in [1.54, 1.807) is 0 Å². The van der Waals surface area contributed by atoms with Crippen LogP contribution in [-0.2, 0) is 19.5 Å². The first-order chi connectivity index (χ1) is 1.91. The standard InChI is InChI=1S/C3H6Cl.Zn/c1-2-3-4;/h1-3H2;/q-1;. The van der Waals surface area contributed by atoms with Crippen molar-refractivity contribution in [2.45, 2.75) is 6.42 Å². The number of alkyl halides is 1. The van der Waals surface area contributed by atoms with Gasteiger partial charge in [0.25, 0.3) is 0 Å². The normalized spacial score (nSPS) is 6.00. The maximum atomic E-state index is 5.12. The largest absolute Gasteiger partial charge is 0.342 e. The number of rotatable bonds is 1. The quantitative estimate of drug-likeness (QED) is 0.296. The van der Waals surface area contributed by atoms with Crippen LogP contribution in [0.2, 0.25) is 0 Å². The molecule has 5 heavy (non-hydrogen) atoms. The van der Waals surface area contributed by atoms with E-state index in [9.17, 15) is 0 Å². The summed E-state index contributed by atoms with van der Waals surface area (Å²) in [5, 5.41) is 0. The van der Waals surface area contributed by atoms with E-state index in [1.807, 2.05) is 0 Å². The van der Waals surface area contributed by atoms with Crippen molar-refractivity contribution >= 4 is 11.6 Å². The fourth-order valence-electron chi connectivity index (χ4n) is 0. The van der Waals surface area contributed by atoms with Gasteiger partial charge >= 0.3 is 0 Å². The van der Waals surface area contributed by atoms with Crippen molar-refractivity contribution in [3.05, 3.63) is 6.92 Å². The average molecular weight is 143 g/mol. The predicted molar refractivity (Wildman–Crippen MR) is 20.7 cm³/mol. The van der Waals surface area contributed by atoms with E-state index in [1.165, 1.54) is 0 Å². The molecule has 0 aromatic rings. The molecule has 0 aliphatic carbocycles. The molecule has 0 saturated carbocycles. The molecule has 0 aliphatic rings. The van der Waals surface area contributed by atoms with Gasteiger partial charge in [-0.2, -0.15) is 6.42 Å². The van der Waals surface area contributed by atoms with E-state index in [0.717, 1.165) is 6.42 Å². The second-order valence-corrected chi connectivity index (χ2v) is 0.921. The third kappa shape index (κ3) is 11.4. The predicted octanol–water partition coefficient (Wildman–Crippen LogP) is 1.45. The fourth-order valence-corrected chi connectivity index (χ4v) is 0. The molecule has 2 heteroatoms. The Labute approximate surface area is 50.7 Å². The van der Waals surface area contributed by atoms with Crippen LogP contribution in [0.3, 0.4) is 0 Å². The van der Waals surface area contributed by atoms with E-state index in [2.05, 4.69) is 6.92 Å². The molecule has 0 unspecified atom stereocenters. The van der Waals surface area contributed by atoms with Gasteiger partial charge in [0.2, 0.25) is 0 Å². The Balaban J connectivity index is 0. The van der Waals surface area contributed by atoms with Crippen molar-refractivity contribution in [3.63, 3.8) is 0 Å². The minimum Gasteiger partial charge on any atom is -0.342 e. The van der Waals surface area contributed by atoms with Crippen molar-refractivity contribution in [1.29, 1.82) is 0 Å². The summed E-state index contributed by atoms with van der Waals surface area (Å²) in [7, 11) is 0. The maximum absolute atomic E-state index is 5.12. The topological polar surface area (TPSA) is 0 Å². The van der Waals surface area contributed by atoms with Gasteiger partial charge in [-0.3, -0.25) is 0 Å². The summed E-state index contributed by atoms with van der Waals surface area (Å²) in [5.74, 6) is 0.681. The van der Waals surface area contributed by atoms with Crippen LogP contribution in [0.15, 0.2) is 0 Å². The van der Waals surface area contributed by atoms with Crippen molar-refractivity contribution in [2.24, 2.45) is 0 Å². The second-order valence-electron chi connectivity index (χ2n) is 0.543. The molecule has 0 atom stereocenters. The molecule has 0 bridgehead atoms. The van der Waals surface area contributed by atoms with Crippen LogP contribution in [0.4, 0.5) is 0 Å². The summed E-state index contributed by atoms with van der Waals surface area (Å²) in [6, 6.07) is 0. The molecule has 0 fully saturated rings. The van der Waals surface area contributed by atoms with Gasteiger partial charge < -0.3 is 6.92 Å².